The number of halogens is 1. The Kier molecular flexibility index (Phi) is 8.14. The van der Waals surface area contributed by atoms with Gasteiger partial charge in [-0.05, 0) is 66.4 Å². The highest BCUT2D eigenvalue weighted by atomic mass is 127. The maximum atomic E-state index is 6.46. The predicted molar refractivity (Wildman–Crippen MR) is 176 cm³/mol. The first-order valence-electron chi connectivity index (χ1n) is 16.0. The summed E-state index contributed by atoms with van der Waals surface area (Å²) < 4.78 is 23.7. The van der Waals surface area contributed by atoms with Gasteiger partial charge in [-0.25, -0.2) is 0 Å². The Bertz CT molecular complexity index is 1360. The fraction of sp³-hybridized carbons (Fsp3) is 0.514. The number of fused-ring (bicyclic) bond motifs is 2. The van der Waals surface area contributed by atoms with Crippen molar-refractivity contribution < 1.29 is 18.9 Å². The van der Waals surface area contributed by atoms with Crippen molar-refractivity contribution in [1.29, 1.82) is 0 Å². The maximum Gasteiger partial charge on any atom is 0.116 e. The molecule has 0 bridgehead atoms. The average molecular weight is 679 g/mol. The number of ether oxygens (including phenoxy) is 4. The second-order valence-electron chi connectivity index (χ2n) is 12.6. The minimum Gasteiger partial charge on any atom is -0.495 e. The fourth-order valence-electron chi connectivity index (χ4n) is 7.91. The first-order valence-corrected chi connectivity index (χ1v) is 17.0. The van der Waals surface area contributed by atoms with Gasteiger partial charge in [-0.15, -0.1) is 6.58 Å². The number of allylic oxidation sites excluding steroid dienone is 15. The topological polar surface area (TPSA) is 43.5 Å². The second kappa shape index (κ2) is 11.9. The first kappa shape index (κ1) is 28.8. The Morgan fingerprint density at radius 1 is 1.10 bits per heavy atom. The van der Waals surface area contributed by atoms with Gasteiger partial charge in [0.2, 0.25) is 0 Å². The summed E-state index contributed by atoms with van der Waals surface area (Å²) in [5.41, 5.74) is 8.66. The van der Waals surface area contributed by atoms with Crippen molar-refractivity contribution in [2.45, 2.75) is 80.0 Å². The van der Waals surface area contributed by atoms with Crippen LogP contribution >= 0.6 is 22.6 Å². The van der Waals surface area contributed by atoms with Crippen LogP contribution < -0.4 is 0 Å². The lowest BCUT2D eigenvalue weighted by atomic mass is 9.57. The summed E-state index contributed by atoms with van der Waals surface area (Å²) in [5, 5.41) is 0. The molecule has 5 aliphatic carbocycles. The number of epoxide rings is 2. The van der Waals surface area contributed by atoms with E-state index in [-0.39, 0.29) is 27.1 Å². The lowest BCUT2D eigenvalue weighted by molar-refractivity contribution is 0.0633. The van der Waals surface area contributed by atoms with Gasteiger partial charge in [-0.2, -0.15) is 0 Å². The molecule has 0 radical (unpaired) electrons. The van der Waals surface area contributed by atoms with Crippen molar-refractivity contribution >= 4 is 22.6 Å². The summed E-state index contributed by atoms with van der Waals surface area (Å²) in [6, 6.07) is 0. The van der Waals surface area contributed by atoms with E-state index in [2.05, 4.69) is 90.8 Å². The number of hydrogen-bond acceptors (Lipinski definition) is 4. The molecule has 0 aromatic heterocycles. The van der Waals surface area contributed by atoms with Gasteiger partial charge >= 0.3 is 0 Å². The summed E-state index contributed by atoms with van der Waals surface area (Å²) in [5.74, 6) is 1.43. The number of rotatable bonds is 12. The Morgan fingerprint density at radius 2 is 1.93 bits per heavy atom. The summed E-state index contributed by atoms with van der Waals surface area (Å²) in [7, 11) is 0. The van der Waals surface area contributed by atoms with Gasteiger partial charge in [-0.1, -0.05) is 102 Å². The van der Waals surface area contributed by atoms with Crippen molar-refractivity contribution in [2.75, 3.05) is 26.4 Å². The smallest absolute Gasteiger partial charge is 0.116 e. The van der Waals surface area contributed by atoms with Crippen LogP contribution in [0.25, 0.3) is 0 Å². The van der Waals surface area contributed by atoms with E-state index in [9.17, 15) is 0 Å². The van der Waals surface area contributed by atoms with Crippen LogP contribution in [0.15, 0.2) is 107 Å². The molecule has 6 atom stereocenters. The highest BCUT2D eigenvalue weighted by molar-refractivity contribution is 14.1. The van der Waals surface area contributed by atoms with Crippen LogP contribution in [0.3, 0.4) is 0 Å². The fourth-order valence-corrected chi connectivity index (χ4v) is 9.30. The van der Waals surface area contributed by atoms with Crippen molar-refractivity contribution in [3.63, 3.8) is 0 Å². The van der Waals surface area contributed by atoms with Gasteiger partial charge in [0.25, 0.3) is 0 Å². The maximum absolute atomic E-state index is 6.46. The molecular formula is C37H43IO4. The minimum absolute atomic E-state index is 0.0712. The zero-order valence-corrected chi connectivity index (χ0v) is 26.9. The molecule has 0 aromatic carbocycles. The van der Waals surface area contributed by atoms with Crippen LogP contribution in [-0.4, -0.2) is 48.2 Å². The van der Waals surface area contributed by atoms with Crippen LogP contribution in [-0.2, 0) is 18.9 Å². The van der Waals surface area contributed by atoms with E-state index >= 15 is 0 Å². The number of hydrogen-bond donors (Lipinski definition) is 0. The molecule has 0 spiro atoms. The van der Waals surface area contributed by atoms with Gasteiger partial charge in [0.05, 0.1) is 35.1 Å². The SMILES string of the molecule is C=CCC1=C(OCC2CO2)CCC(C2(C3=CCC(OCC4CO4)C(CCC)=C3)C3=C(C=CCC3)C3(I)C=CC=CC32)=C1. The van der Waals surface area contributed by atoms with Gasteiger partial charge in [0.1, 0.15) is 18.8 Å². The van der Waals surface area contributed by atoms with E-state index in [1.165, 1.54) is 27.9 Å². The van der Waals surface area contributed by atoms with Gasteiger partial charge in [0.15, 0.2) is 0 Å². The van der Waals surface area contributed by atoms with Crippen LogP contribution in [0.4, 0.5) is 0 Å². The highest BCUT2D eigenvalue weighted by Gasteiger charge is 2.61. The monoisotopic (exact) mass is 678 g/mol. The Balaban J connectivity index is 1.36. The van der Waals surface area contributed by atoms with Gasteiger partial charge in [0, 0.05) is 17.8 Å². The molecule has 222 valence electrons. The van der Waals surface area contributed by atoms with Gasteiger partial charge < -0.3 is 18.9 Å². The van der Waals surface area contributed by atoms with Crippen molar-refractivity contribution in [2.24, 2.45) is 11.3 Å². The third-order valence-corrected chi connectivity index (χ3v) is 11.6. The third-order valence-electron chi connectivity index (χ3n) is 9.96. The van der Waals surface area contributed by atoms with Crippen molar-refractivity contribution in [1.82, 2.24) is 0 Å². The molecule has 2 aliphatic heterocycles. The minimum atomic E-state index is -0.191. The molecular weight excluding hydrogens is 635 g/mol. The number of alkyl halides is 1. The molecule has 2 heterocycles. The molecule has 2 fully saturated rings. The summed E-state index contributed by atoms with van der Waals surface area (Å²) in [4.78, 5) is 0. The van der Waals surface area contributed by atoms with E-state index < -0.39 is 0 Å². The molecule has 42 heavy (non-hydrogen) atoms. The standard InChI is InChI=1S/C37H43IO4/c1-3-9-25-19-27(14-16-33(25)41-23-29-21-39-29)37(28-15-17-34(26(20-28)10-4-2)42-24-30-22-40-30)32-12-6-5-11-31(32)36(38)18-8-7-13-35(36)37/h3,5,7-8,11,13,15,18-20,29-30,34-35H,1,4,6,9-10,12,14,16-17,21-24H2,2H3. The molecule has 7 aliphatic rings. The van der Waals surface area contributed by atoms with E-state index in [4.69, 9.17) is 18.9 Å². The first-order chi connectivity index (χ1) is 20.6. The van der Waals surface area contributed by atoms with Crippen LogP contribution in [0.1, 0.15) is 58.3 Å². The lowest BCUT2D eigenvalue weighted by Gasteiger charge is -2.47. The normalized spacial score (nSPS) is 36.3. The summed E-state index contributed by atoms with van der Waals surface area (Å²) in [6.45, 7) is 9.40. The molecule has 6 unspecified atom stereocenters. The largest absolute Gasteiger partial charge is 0.495 e. The van der Waals surface area contributed by atoms with E-state index in [1.54, 1.807) is 5.57 Å². The van der Waals surface area contributed by atoms with Crippen LogP contribution in [0.2, 0.25) is 0 Å². The summed E-state index contributed by atoms with van der Waals surface area (Å²) in [6.07, 6.45) is 32.7. The molecule has 0 saturated carbocycles. The van der Waals surface area contributed by atoms with Crippen molar-refractivity contribution in [3.05, 3.63) is 107 Å². The Hall–Kier alpha value is -1.93. The zero-order chi connectivity index (χ0) is 28.7. The van der Waals surface area contributed by atoms with Crippen molar-refractivity contribution in [3.8, 4) is 0 Å². The molecule has 5 heteroatoms. The second-order valence-corrected chi connectivity index (χ2v) is 14.4. The van der Waals surface area contributed by atoms with E-state index in [1.807, 2.05) is 6.08 Å². The zero-order valence-electron chi connectivity index (χ0n) is 24.8. The molecule has 7 rings (SSSR count). The quantitative estimate of drug-likeness (QED) is 0.0901. The van der Waals surface area contributed by atoms with Crippen LogP contribution in [0, 0.1) is 11.3 Å². The molecule has 0 amide bonds. The highest BCUT2D eigenvalue weighted by Crippen LogP contribution is 2.68. The predicted octanol–water partition coefficient (Wildman–Crippen LogP) is 8.36. The lowest BCUT2D eigenvalue weighted by Crippen LogP contribution is -2.41. The Morgan fingerprint density at radius 3 is 2.71 bits per heavy atom. The molecule has 0 N–H and O–H groups in total. The van der Waals surface area contributed by atoms with Gasteiger partial charge in [-0.3, -0.25) is 0 Å². The third kappa shape index (κ3) is 5.12. The molecule has 2 saturated heterocycles. The Labute approximate surface area is 264 Å². The summed E-state index contributed by atoms with van der Waals surface area (Å²) >= 11 is 2.77. The average Bonchev–Trinajstić information content (AvgIpc) is 3.94. The van der Waals surface area contributed by atoms with E-state index in [0.29, 0.717) is 19.1 Å². The van der Waals surface area contributed by atoms with E-state index in [0.717, 1.165) is 70.3 Å². The molecule has 0 aromatic rings. The molecule has 4 nitrogen and oxygen atoms in total. The van der Waals surface area contributed by atoms with Crippen LogP contribution in [0.5, 0.6) is 0 Å².